The Morgan fingerprint density at radius 2 is 1.79 bits per heavy atom. The molecule has 2 aromatic carbocycles. The van der Waals surface area contributed by atoms with E-state index in [1.54, 1.807) is 24.3 Å². The molecule has 0 saturated heterocycles. The van der Waals surface area contributed by atoms with E-state index in [1.807, 2.05) is 0 Å². The van der Waals surface area contributed by atoms with E-state index < -0.39 is 11.7 Å². The Balaban J connectivity index is 1.67. The molecular formula is C21H21FN4O3. The SMILES string of the molecule is NC(=O)CCN(C(=O)CCCc1nc2ccccc2c(=O)[nH]1)c1ccc(F)cc1. The summed E-state index contributed by atoms with van der Waals surface area (Å²) in [4.78, 5) is 44.5. The fourth-order valence-electron chi connectivity index (χ4n) is 3.04. The van der Waals surface area contributed by atoms with Gasteiger partial charge in [0.25, 0.3) is 5.56 Å². The van der Waals surface area contributed by atoms with Crippen LogP contribution < -0.4 is 16.2 Å². The first-order valence-electron chi connectivity index (χ1n) is 9.26. The maximum Gasteiger partial charge on any atom is 0.258 e. The van der Waals surface area contributed by atoms with Crippen LogP contribution in [0.5, 0.6) is 0 Å². The number of carbonyl (C=O) groups is 2. The summed E-state index contributed by atoms with van der Waals surface area (Å²) < 4.78 is 13.2. The number of fused-ring (bicyclic) bond motifs is 1. The summed E-state index contributed by atoms with van der Waals surface area (Å²) in [7, 11) is 0. The monoisotopic (exact) mass is 396 g/mol. The van der Waals surface area contributed by atoms with E-state index in [9.17, 15) is 18.8 Å². The van der Waals surface area contributed by atoms with Crippen LogP contribution in [0.3, 0.4) is 0 Å². The first kappa shape index (κ1) is 20.2. The van der Waals surface area contributed by atoms with Crippen LogP contribution in [-0.2, 0) is 16.0 Å². The number of nitrogens with one attached hydrogen (secondary N) is 1. The molecule has 150 valence electrons. The van der Waals surface area contributed by atoms with Crippen molar-refractivity contribution in [1.82, 2.24) is 9.97 Å². The lowest BCUT2D eigenvalue weighted by Gasteiger charge is -2.22. The van der Waals surface area contributed by atoms with Gasteiger partial charge in [-0.25, -0.2) is 9.37 Å². The number of nitrogens with zero attached hydrogens (tertiary/aromatic N) is 2. The van der Waals surface area contributed by atoms with Gasteiger partial charge in [-0.05, 0) is 42.8 Å². The molecule has 1 aromatic heterocycles. The maximum atomic E-state index is 13.2. The lowest BCUT2D eigenvalue weighted by Crippen LogP contribution is -2.34. The lowest BCUT2D eigenvalue weighted by atomic mass is 10.1. The fraction of sp³-hybridized carbons (Fsp3) is 0.238. The number of amides is 2. The summed E-state index contributed by atoms with van der Waals surface area (Å²) in [5, 5.41) is 0.515. The second-order valence-electron chi connectivity index (χ2n) is 6.62. The first-order valence-corrected chi connectivity index (χ1v) is 9.26. The fourth-order valence-corrected chi connectivity index (χ4v) is 3.04. The first-order chi connectivity index (χ1) is 13.9. The molecule has 29 heavy (non-hydrogen) atoms. The molecule has 0 saturated carbocycles. The number of hydrogen-bond donors (Lipinski definition) is 2. The number of nitrogens with two attached hydrogens (primary N) is 1. The van der Waals surface area contributed by atoms with Crippen LogP contribution in [0.15, 0.2) is 53.3 Å². The highest BCUT2D eigenvalue weighted by Gasteiger charge is 2.17. The number of para-hydroxylation sites is 1. The Labute approximate surface area is 166 Å². The molecule has 0 spiro atoms. The van der Waals surface area contributed by atoms with E-state index in [2.05, 4.69) is 9.97 Å². The van der Waals surface area contributed by atoms with Crippen molar-refractivity contribution in [3.8, 4) is 0 Å². The molecule has 0 aliphatic heterocycles. The predicted molar refractivity (Wildman–Crippen MR) is 108 cm³/mol. The van der Waals surface area contributed by atoms with Gasteiger partial charge in [0.15, 0.2) is 0 Å². The molecule has 3 aromatic rings. The summed E-state index contributed by atoms with van der Waals surface area (Å²) in [6.07, 6.45) is 1.04. The molecule has 1 heterocycles. The number of aromatic amines is 1. The van der Waals surface area contributed by atoms with E-state index in [1.165, 1.54) is 29.2 Å². The quantitative estimate of drug-likeness (QED) is 0.609. The van der Waals surface area contributed by atoms with Gasteiger partial charge in [-0.15, -0.1) is 0 Å². The molecule has 0 atom stereocenters. The molecule has 7 nitrogen and oxygen atoms in total. The lowest BCUT2D eigenvalue weighted by molar-refractivity contribution is -0.119. The zero-order chi connectivity index (χ0) is 20.8. The summed E-state index contributed by atoms with van der Waals surface area (Å²) >= 11 is 0. The van der Waals surface area contributed by atoms with E-state index in [-0.39, 0.29) is 30.9 Å². The van der Waals surface area contributed by atoms with Crippen molar-refractivity contribution in [2.75, 3.05) is 11.4 Å². The molecule has 0 aliphatic carbocycles. The third-order valence-corrected chi connectivity index (χ3v) is 4.49. The number of anilines is 1. The van der Waals surface area contributed by atoms with Gasteiger partial charge in [-0.1, -0.05) is 12.1 Å². The smallest absolute Gasteiger partial charge is 0.258 e. The van der Waals surface area contributed by atoms with Gasteiger partial charge < -0.3 is 15.6 Å². The van der Waals surface area contributed by atoms with Gasteiger partial charge in [-0.3, -0.25) is 14.4 Å². The Bertz CT molecular complexity index is 1080. The number of benzene rings is 2. The maximum absolute atomic E-state index is 13.2. The van der Waals surface area contributed by atoms with Crippen LogP contribution in [0.25, 0.3) is 10.9 Å². The molecule has 0 fully saturated rings. The van der Waals surface area contributed by atoms with Gasteiger partial charge in [0.2, 0.25) is 11.8 Å². The highest BCUT2D eigenvalue weighted by Crippen LogP contribution is 2.17. The Morgan fingerprint density at radius 3 is 2.52 bits per heavy atom. The second kappa shape index (κ2) is 9.09. The molecule has 3 rings (SSSR count). The Kier molecular flexibility index (Phi) is 6.33. The van der Waals surface area contributed by atoms with E-state index >= 15 is 0 Å². The largest absolute Gasteiger partial charge is 0.370 e. The van der Waals surface area contributed by atoms with Gasteiger partial charge in [0.05, 0.1) is 10.9 Å². The highest BCUT2D eigenvalue weighted by atomic mass is 19.1. The van der Waals surface area contributed by atoms with Gasteiger partial charge in [0, 0.05) is 31.5 Å². The molecule has 8 heteroatoms. The molecule has 3 N–H and O–H groups in total. The van der Waals surface area contributed by atoms with E-state index in [4.69, 9.17) is 5.73 Å². The van der Waals surface area contributed by atoms with Crippen molar-refractivity contribution < 1.29 is 14.0 Å². The van der Waals surface area contributed by atoms with E-state index in [0.717, 1.165) is 0 Å². The average Bonchev–Trinajstić information content (AvgIpc) is 2.69. The predicted octanol–water partition coefficient (Wildman–Crippen LogP) is 2.29. The molecule has 0 bridgehead atoms. The zero-order valence-corrected chi connectivity index (χ0v) is 15.7. The molecule has 0 radical (unpaired) electrons. The van der Waals surface area contributed by atoms with E-state index in [0.29, 0.717) is 35.3 Å². The Hall–Kier alpha value is -3.55. The minimum absolute atomic E-state index is 0.00265. The van der Waals surface area contributed by atoms with Crippen LogP contribution in [0.4, 0.5) is 10.1 Å². The minimum Gasteiger partial charge on any atom is -0.370 e. The summed E-state index contributed by atoms with van der Waals surface area (Å²) in [5.74, 6) is -0.654. The molecule has 2 amide bonds. The van der Waals surface area contributed by atoms with Crippen LogP contribution in [-0.4, -0.2) is 28.3 Å². The van der Waals surface area contributed by atoms with Crippen LogP contribution in [0.2, 0.25) is 0 Å². The number of aryl methyl sites for hydroxylation is 1. The topological polar surface area (TPSA) is 109 Å². The standard InChI is InChI=1S/C21H21FN4O3/c22-14-8-10-15(11-9-14)26(13-12-18(23)27)20(28)7-3-6-19-24-17-5-2-1-4-16(17)21(29)25-19/h1-2,4-5,8-11H,3,6-7,12-13H2,(H2,23,27)(H,24,25,29). The van der Waals surface area contributed by atoms with Gasteiger partial charge in [-0.2, -0.15) is 0 Å². The molecule has 0 aliphatic rings. The normalized spacial score (nSPS) is 10.8. The number of primary amides is 1. The molecular weight excluding hydrogens is 375 g/mol. The number of rotatable bonds is 8. The minimum atomic E-state index is -0.525. The summed E-state index contributed by atoms with van der Waals surface area (Å²) in [6.45, 7) is 0.116. The third-order valence-electron chi connectivity index (χ3n) is 4.49. The number of aromatic nitrogens is 2. The number of H-pyrrole nitrogens is 1. The van der Waals surface area contributed by atoms with Crippen molar-refractivity contribution in [3.63, 3.8) is 0 Å². The van der Waals surface area contributed by atoms with Crippen molar-refractivity contribution >= 4 is 28.4 Å². The highest BCUT2D eigenvalue weighted by molar-refractivity contribution is 5.94. The van der Waals surface area contributed by atoms with Crippen molar-refractivity contribution in [1.29, 1.82) is 0 Å². The third kappa shape index (κ3) is 5.25. The van der Waals surface area contributed by atoms with Crippen molar-refractivity contribution in [3.05, 3.63) is 70.5 Å². The van der Waals surface area contributed by atoms with Crippen LogP contribution >= 0.6 is 0 Å². The van der Waals surface area contributed by atoms with Crippen LogP contribution in [0.1, 0.15) is 25.1 Å². The zero-order valence-electron chi connectivity index (χ0n) is 15.7. The van der Waals surface area contributed by atoms with Crippen LogP contribution in [0, 0.1) is 5.82 Å². The number of hydrogen-bond acceptors (Lipinski definition) is 4. The van der Waals surface area contributed by atoms with Gasteiger partial charge in [0.1, 0.15) is 11.6 Å². The second-order valence-corrected chi connectivity index (χ2v) is 6.62. The van der Waals surface area contributed by atoms with Crippen molar-refractivity contribution in [2.24, 2.45) is 5.73 Å². The Morgan fingerprint density at radius 1 is 1.07 bits per heavy atom. The number of carbonyl (C=O) groups excluding carboxylic acids is 2. The molecule has 0 unspecified atom stereocenters. The average molecular weight is 396 g/mol. The summed E-state index contributed by atoms with van der Waals surface area (Å²) in [5.41, 5.74) is 6.08. The summed E-state index contributed by atoms with van der Waals surface area (Å²) in [6, 6.07) is 12.5. The van der Waals surface area contributed by atoms with Gasteiger partial charge >= 0.3 is 0 Å². The van der Waals surface area contributed by atoms with Crippen molar-refractivity contribution in [2.45, 2.75) is 25.7 Å². The number of halogens is 1.